The summed E-state index contributed by atoms with van der Waals surface area (Å²) < 4.78 is 0. The molecule has 0 radical (unpaired) electrons. The van der Waals surface area contributed by atoms with Gasteiger partial charge in [0.1, 0.15) is 0 Å². The van der Waals surface area contributed by atoms with E-state index in [2.05, 4.69) is 36.3 Å². The summed E-state index contributed by atoms with van der Waals surface area (Å²) in [6.45, 7) is 2.14. The lowest BCUT2D eigenvalue weighted by Gasteiger charge is -2.45. The normalized spacial score (nSPS) is 27.1. The summed E-state index contributed by atoms with van der Waals surface area (Å²) in [7, 11) is 2.23. The van der Waals surface area contributed by atoms with Crippen LogP contribution in [0.5, 0.6) is 0 Å². The van der Waals surface area contributed by atoms with Crippen LogP contribution in [0.1, 0.15) is 31.2 Å². The Bertz CT molecular complexity index is 444. The number of fused-ring (bicyclic) bond motifs is 2. The van der Waals surface area contributed by atoms with Gasteiger partial charge in [0.2, 0.25) is 0 Å². The van der Waals surface area contributed by atoms with E-state index in [1.807, 2.05) is 0 Å². The fraction of sp³-hybridized carbons (Fsp3) is 0.571. The Labute approximate surface area is 108 Å². The molecule has 1 N–H and O–H groups in total. The van der Waals surface area contributed by atoms with E-state index in [0.29, 0.717) is 12.1 Å². The van der Waals surface area contributed by atoms with Crippen molar-refractivity contribution in [3.63, 3.8) is 0 Å². The van der Waals surface area contributed by atoms with Crippen molar-refractivity contribution in [2.45, 2.75) is 44.7 Å². The molecular weight excluding hydrogens is 232 g/mol. The topological polar surface area (TPSA) is 15.3 Å². The number of anilines is 2. The highest BCUT2D eigenvalue weighted by molar-refractivity contribution is 6.31. The predicted molar refractivity (Wildman–Crippen MR) is 74.3 cm³/mol. The molecule has 1 aliphatic heterocycles. The molecular formula is C14H19ClN2. The van der Waals surface area contributed by atoms with E-state index in [-0.39, 0.29) is 0 Å². The van der Waals surface area contributed by atoms with Crippen LogP contribution in [0.25, 0.3) is 0 Å². The average Bonchev–Trinajstić information content (AvgIpc) is 2.28. The summed E-state index contributed by atoms with van der Waals surface area (Å²) in [6.07, 6.45) is 5.28. The third-order valence-corrected chi connectivity index (χ3v) is 4.40. The minimum Gasteiger partial charge on any atom is -0.379 e. The average molecular weight is 251 g/mol. The summed E-state index contributed by atoms with van der Waals surface area (Å²) in [4.78, 5) is 2.46. The second-order valence-electron chi connectivity index (χ2n) is 5.33. The molecule has 1 aliphatic carbocycles. The van der Waals surface area contributed by atoms with Crippen LogP contribution < -0.4 is 10.2 Å². The number of hydrogen-bond acceptors (Lipinski definition) is 2. The van der Waals surface area contributed by atoms with E-state index in [1.165, 1.54) is 42.6 Å². The lowest BCUT2D eigenvalue weighted by Crippen LogP contribution is -2.51. The van der Waals surface area contributed by atoms with E-state index in [1.54, 1.807) is 0 Å². The Morgan fingerprint density at radius 2 is 2.06 bits per heavy atom. The quantitative estimate of drug-likeness (QED) is 0.753. The molecule has 0 aromatic heterocycles. The van der Waals surface area contributed by atoms with Gasteiger partial charge in [0.15, 0.2) is 0 Å². The first-order valence-electron chi connectivity index (χ1n) is 6.46. The van der Waals surface area contributed by atoms with Crippen LogP contribution in [0.4, 0.5) is 11.4 Å². The van der Waals surface area contributed by atoms with Gasteiger partial charge in [0, 0.05) is 24.2 Å². The Morgan fingerprint density at radius 3 is 2.88 bits per heavy atom. The maximum absolute atomic E-state index is 6.15. The molecule has 0 saturated heterocycles. The lowest BCUT2D eigenvalue weighted by atomic mass is 9.86. The summed E-state index contributed by atoms with van der Waals surface area (Å²) >= 11 is 6.15. The van der Waals surface area contributed by atoms with Crippen LogP contribution in [-0.2, 0) is 0 Å². The highest BCUT2D eigenvalue weighted by Gasteiger charge is 2.34. The second kappa shape index (κ2) is 4.09. The third kappa shape index (κ3) is 1.79. The minimum absolute atomic E-state index is 0.596. The maximum Gasteiger partial charge on any atom is 0.0633 e. The zero-order valence-electron chi connectivity index (χ0n) is 10.5. The smallest absolute Gasteiger partial charge is 0.0633 e. The number of benzene rings is 1. The SMILES string of the molecule is Cc1cc(Cl)cc2c1N(C)C1CCCCC1N2. The Balaban J connectivity index is 2.05. The van der Waals surface area contributed by atoms with E-state index < -0.39 is 0 Å². The van der Waals surface area contributed by atoms with Crippen LogP contribution in [-0.4, -0.2) is 19.1 Å². The van der Waals surface area contributed by atoms with Crippen LogP contribution in [0.15, 0.2) is 12.1 Å². The number of nitrogens with one attached hydrogen (secondary N) is 1. The van der Waals surface area contributed by atoms with E-state index in [9.17, 15) is 0 Å². The zero-order valence-corrected chi connectivity index (χ0v) is 11.2. The van der Waals surface area contributed by atoms with Gasteiger partial charge in [-0.15, -0.1) is 0 Å². The standard InChI is InChI=1S/C14H19ClN2/c1-9-7-10(15)8-12-14(9)17(2)13-6-4-3-5-11(13)16-12/h7-8,11,13,16H,3-6H2,1-2H3. The van der Waals surface area contributed by atoms with E-state index >= 15 is 0 Å². The molecule has 2 atom stereocenters. The van der Waals surface area contributed by atoms with Gasteiger partial charge in [0.25, 0.3) is 0 Å². The number of halogens is 1. The van der Waals surface area contributed by atoms with Gasteiger partial charge in [-0.3, -0.25) is 0 Å². The van der Waals surface area contributed by atoms with Crippen molar-refractivity contribution in [3.8, 4) is 0 Å². The molecule has 1 aromatic carbocycles. The lowest BCUT2D eigenvalue weighted by molar-refractivity contribution is 0.384. The predicted octanol–water partition coefficient (Wildman–Crippen LogP) is 3.82. The Kier molecular flexibility index (Phi) is 2.70. The summed E-state index contributed by atoms with van der Waals surface area (Å²) in [5.41, 5.74) is 3.81. The van der Waals surface area contributed by atoms with Gasteiger partial charge in [-0.05, 0) is 37.5 Å². The molecule has 2 unspecified atom stereocenters. The Morgan fingerprint density at radius 1 is 1.29 bits per heavy atom. The van der Waals surface area contributed by atoms with Gasteiger partial charge in [0.05, 0.1) is 11.4 Å². The fourth-order valence-corrected chi connectivity index (χ4v) is 3.70. The number of likely N-dealkylation sites (N-methyl/N-ethyl adjacent to an activating group) is 1. The van der Waals surface area contributed by atoms with Crippen molar-refractivity contribution < 1.29 is 0 Å². The van der Waals surface area contributed by atoms with Gasteiger partial charge in [-0.1, -0.05) is 24.4 Å². The molecule has 2 nitrogen and oxygen atoms in total. The van der Waals surface area contributed by atoms with E-state index in [4.69, 9.17) is 11.6 Å². The molecule has 1 aromatic rings. The molecule has 0 amide bonds. The zero-order chi connectivity index (χ0) is 12.0. The van der Waals surface area contributed by atoms with Crippen molar-refractivity contribution in [2.24, 2.45) is 0 Å². The number of hydrogen-bond donors (Lipinski definition) is 1. The Hall–Kier alpha value is -0.890. The monoisotopic (exact) mass is 250 g/mol. The highest BCUT2D eigenvalue weighted by Crippen LogP contribution is 2.41. The summed E-state index contributed by atoms with van der Waals surface area (Å²) in [5, 5.41) is 4.51. The van der Waals surface area contributed by atoms with Crippen molar-refractivity contribution in [1.29, 1.82) is 0 Å². The van der Waals surface area contributed by atoms with Crippen LogP contribution >= 0.6 is 11.6 Å². The van der Waals surface area contributed by atoms with Crippen LogP contribution in [0, 0.1) is 6.92 Å². The molecule has 0 bridgehead atoms. The molecule has 1 fully saturated rings. The number of rotatable bonds is 0. The molecule has 92 valence electrons. The van der Waals surface area contributed by atoms with Gasteiger partial charge < -0.3 is 10.2 Å². The summed E-state index contributed by atoms with van der Waals surface area (Å²) in [5.74, 6) is 0. The molecule has 1 saturated carbocycles. The first kappa shape index (κ1) is 11.2. The van der Waals surface area contributed by atoms with Crippen molar-refractivity contribution >= 4 is 23.0 Å². The molecule has 17 heavy (non-hydrogen) atoms. The minimum atomic E-state index is 0.596. The van der Waals surface area contributed by atoms with Gasteiger partial charge in [-0.25, -0.2) is 0 Å². The molecule has 3 heteroatoms. The largest absolute Gasteiger partial charge is 0.379 e. The van der Waals surface area contributed by atoms with Crippen molar-refractivity contribution in [3.05, 3.63) is 22.7 Å². The second-order valence-corrected chi connectivity index (χ2v) is 5.77. The third-order valence-electron chi connectivity index (χ3n) is 4.19. The number of aryl methyl sites for hydroxylation is 1. The van der Waals surface area contributed by atoms with Crippen LogP contribution in [0.3, 0.4) is 0 Å². The first-order chi connectivity index (χ1) is 8.16. The molecule has 3 rings (SSSR count). The van der Waals surface area contributed by atoms with Gasteiger partial charge >= 0.3 is 0 Å². The van der Waals surface area contributed by atoms with Crippen molar-refractivity contribution in [2.75, 3.05) is 17.3 Å². The van der Waals surface area contributed by atoms with Crippen molar-refractivity contribution in [1.82, 2.24) is 0 Å². The van der Waals surface area contributed by atoms with Crippen LogP contribution in [0.2, 0.25) is 5.02 Å². The number of nitrogens with zero attached hydrogens (tertiary/aromatic N) is 1. The maximum atomic E-state index is 6.15. The van der Waals surface area contributed by atoms with E-state index in [0.717, 1.165) is 5.02 Å². The fourth-order valence-electron chi connectivity index (χ4n) is 3.42. The van der Waals surface area contributed by atoms with Gasteiger partial charge in [-0.2, -0.15) is 0 Å². The molecule has 0 spiro atoms. The molecule has 2 aliphatic rings. The first-order valence-corrected chi connectivity index (χ1v) is 6.84. The molecule has 1 heterocycles. The summed E-state index contributed by atoms with van der Waals surface area (Å²) in [6, 6.07) is 5.36. The highest BCUT2D eigenvalue weighted by atomic mass is 35.5.